The lowest BCUT2D eigenvalue weighted by atomic mass is 10.0. The number of hydrogen-bond donors (Lipinski definition) is 2. The molecular weight excluding hydrogens is 302 g/mol. The topological polar surface area (TPSA) is 86.5 Å². The van der Waals surface area contributed by atoms with Crippen LogP contribution in [0.25, 0.3) is 0 Å². The predicted octanol–water partition coefficient (Wildman–Crippen LogP) is 1.87. The van der Waals surface area contributed by atoms with Crippen LogP contribution in [0.2, 0.25) is 0 Å². The second-order valence-corrected chi connectivity index (χ2v) is 5.40. The maximum Gasteiger partial charge on any atom is 0.222 e. The highest BCUT2D eigenvalue weighted by Gasteiger charge is 2.14. The Morgan fingerprint density at radius 3 is 2.77 bits per heavy atom. The number of nitrogens with two attached hydrogens (primary N) is 1. The van der Waals surface area contributed by atoms with Crippen molar-refractivity contribution in [2.75, 3.05) is 14.2 Å². The zero-order valence-corrected chi connectivity index (χ0v) is 13.4. The van der Waals surface area contributed by atoms with Crippen molar-refractivity contribution in [2.45, 2.75) is 19.0 Å². The van der Waals surface area contributed by atoms with Gasteiger partial charge in [0.05, 0.1) is 32.0 Å². The van der Waals surface area contributed by atoms with E-state index in [-0.39, 0.29) is 12.3 Å². The quantitative estimate of drug-likeness (QED) is 0.813. The van der Waals surface area contributed by atoms with Crippen LogP contribution in [0.3, 0.4) is 0 Å². The number of carbonyl (C=O) groups is 1. The number of amides is 1. The minimum atomic E-state index is -0.407. The molecule has 0 bridgehead atoms. The lowest BCUT2D eigenvalue weighted by Gasteiger charge is -2.14. The lowest BCUT2D eigenvalue weighted by Crippen LogP contribution is -2.27. The Kier molecular flexibility index (Phi) is 5.74. The average Bonchev–Trinajstić information content (AvgIpc) is 3.05. The van der Waals surface area contributed by atoms with E-state index in [1.807, 2.05) is 11.4 Å². The van der Waals surface area contributed by atoms with E-state index in [9.17, 15) is 4.79 Å². The van der Waals surface area contributed by atoms with Crippen molar-refractivity contribution in [1.82, 2.24) is 10.3 Å². The fourth-order valence-corrected chi connectivity index (χ4v) is 2.55. The molecule has 0 saturated heterocycles. The summed E-state index contributed by atoms with van der Waals surface area (Å²) in [6, 6.07) is 4.99. The zero-order chi connectivity index (χ0) is 15.9. The van der Waals surface area contributed by atoms with Crippen molar-refractivity contribution in [3.63, 3.8) is 0 Å². The van der Waals surface area contributed by atoms with Crippen molar-refractivity contribution >= 4 is 17.2 Å². The maximum atomic E-state index is 11.9. The first-order valence-electron chi connectivity index (χ1n) is 6.75. The van der Waals surface area contributed by atoms with E-state index < -0.39 is 6.04 Å². The molecule has 6 nitrogen and oxygen atoms in total. The third kappa shape index (κ3) is 4.19. The third-order valence-electron chi connectivity index (χ3n) is 3.19. The zero-order valence-electron chi connectivity index (χ0n) is 12.5. The molecule has 0 spiro atoms. The van der Waals surface area contributed by atoms with Gasteiger partial charge in [-0.1, -0.05) is 6.07 Å². The van der Waals surface area contributed by atoms with Crippen molar-refractivity contribution < 1.29 is 14.3 Å². The molecule has 7 heteroatoms. The molecule has 118 valence electrons. The van der Waals surface area contributed by atoms with Crippen LogP contribution in [0.1, 0.15) is 23.7 Å². The summed E-state index contributed by atoms with van der Waals surface area (Å²) in [5.74, 6) is 1.11. The summed E-state index contributed by atoms with van der Waals surface area (Å²) in [7, 11) is 3.14. The number of thiazole rings is 1. The van der Waals surface area contributed by atoms with Gasteiger partial charge in [0.25, 0.3) is 0 Å². The molecule has 0 saturated carbocycles. The van der Waals surface area contributed by atoms with Crippen LogP contribution in [0.15, 0.2) is 29.1 Å². The minimum absolute atomic E-state index is 0.115. The summed E-state index contributed by atoms with van der Waals surface area (Å²) in [6.45, 7) is 0.418. The van der Waals surface area contributed by atoms with Crippen molar-refractivity contribution in [1.29, 1.82) is 0 Å². The highest BCUT2D eigenvalue weighted by molar-refractivity contribution is 7.07. The number of hydrogen-bond acceptors (Lipinski definition) is 6. The summed E-state index contributed by atoms with van der Waals surface area (Å²) in [4.78, 5) is 16.0. The largest absolute Gasteiger partial charge is 0.493 e. The number of nitrogens with one attached hydrogen (secondary N) is 1. The van der Waals surface area contributed by atoms with Crippen LogP contribution in [-0.2, 0) is 11.3 Å². The van der Waals surface area contributed by atoms with Crippen molar-refractivity contribution in [2.24, 2.45) is 5.73 Å². The average molecular weight is 321 g/mol. The molecule has 3 N–H and O–H groups in total. The molecule has 0 radical (unpaired) electrons. The molecule has 1 heterocycles. The number of carbonyl (C=O) groups excluding carboxylic acids is 1. The number of aromatic nitrogens is 1. The molecule has 0 fully saturated rings. The van der Waals surface area contributed by atoms with E-state index in [1.165, 1.54) is 11.3 Å². The van der Waals surface area contributed by atoms with Crippen LogP contribution >= 0.6 is 11.3 Å². The van der Waals surface area contributed by atoms with Gasteiger partial charge in [0, 0.05) is 17.8 Å². The number of ether oxygens (including phenoxy) is 2. The van der Waals surface area contributed by atoms with Crippen molar-refractivity contribution in [3.05, 3.63) is 40.3 Å². The van der Waals surface area contributed by atoms with Gasteiger partial charge >= 0.3 is 0 Å². The Morgan fingerprint density at radius 1 is 1.36 bits per heavy atom. The first-order chi connectivity index (χ1) is 10.6. The van der Waals surface area contributed by atoms with Gasteiger partial charge in [0.1, 0.15) is 0 Å². The van der Waals surface area contributed by atoms with Gasteiger partial charge in [-0.2, -0.15) is 0 Å². The van der Waals surface area contributed by atoms with Gasteiger partial charge in [-0.05, 0) is 17.7 Å². The molecule has 0 aliphatic heterocycles. The fourth-order valence-electron chi connectivity index (χ4n) is 1.99. The van der Waals surface area contributed by atoms with Gasteiger partial charge in [0.2, 0.25) is 5.91 Å². The number of methoxy groups -OCH3 is 2. The standard InChI is InChI=1S/C15H19N3O3S/c1-20-13-4-3-10(5-14(13)21-2)12(16)6-15(19)17-7-11-8-22-9-18-11/h3-5,8-9,12H,6-7,16H2,1-2H3,(H,17,19)/t12-/m1/s1. The molecule has 22 heavy (non-hydrogen) atoms. The van der Waals surface area contributed by atoms with Crippen LogP contribution in [0.5, 0.6) is 11.5 Å². The SMILES string of the molecule is COc1ccc([C@H](N)CC(=O)NCc2cscn2)cc1OC. The molecule has 0 aliphatic rings. The molecule has 0 aliphatic carbocycles. The van der Waals surface area contributed by atoms with Gasteiger partial charge in [-0.3, -0.25) is 4.79 Å². The molecule has 1 atom stereocenters. The second kappa shape index (κ2) is 7.77. The van der Waals surface area contributed by atoms with E-state index in [2.05, 4.69) is 10.3 Å². The lowest BCUT2D eigenvalue weighted by molar-refractivity contribution is -0.121. The summed E-state index contributed by atoms with van der Waals surface area (Å²) in [6.07, 6.45) is 0.194. The van der Waals surface area contributed by atoms with Crippen LogP contribution in [0, 0.1) is 0 Å². The van der Waals surface area contributed by atoms with E-state index in [4.69, 9.17) is 15.2 Å². The summed E-state index contributed by atoms with van der Waals surface area (Å²) >= 11 is 1.50. The molecule has 2 aromatic rings. The van der Waals surface area contributed by atoms with Crippen LogP contribution < -0.4 is 20.5 Å². The van der Waals surface area contributed by atoms with E-state index in [0.717, 1.165) is 11.3 Å². The third-order valence-corrected chi connectivity index (χ3v) is 3.83. The second-order valence-electron chi connectivity index (χ2n) is 4.68. The van der Waals surface area contributed by atoms with Gasteiger partial charge in [-0.25, -0.2) is 4.98 Å². The number of nitrogens with zero attached hydrogens (tertiary/aromatic N) is 1. The molecule has 2 rings (SSSR count). The predicted molar refractivity (Wildman–Crippen MR) is 85.1 cm³/mol. The molecular formula is C15H19N3O3S. The Bertz CT molecular complexity index is 617. The van der Waals surface area contributed by atoms with Crippen LogP contribution in [0.4, 0.5) is 0 Å². The summed E-state index contributed by atoms with van der Waals surface area (Å²) in [5.41, 5.74) is 9.49. The Balaban J connectivity index is 1.93. The summed E-state index contributed by atoms with van der Waals surface area (Å²) < 4.78 is 10.4. The highest BCUT2D eigenvalue weighted by atomic mass is 32.1. The molecule has 1 amide bonds. The van der Waals surface area contributed by atoms with Crippen LogP contribution in [-0.4, -0.2) is 25.1 Å². The van der Waals surface area contributed by atoms with E-state index in [0.29, 0.717) is 18.0 Å². The van der Waals surface area contributed by atoms with Gasteiger partial charge in [-0.15, -0.1) is 11.3 Å². The molecule has 1 aromatic heterocycles. The fraction of sp³-hybridized carbons (Fsp3) is 0.333. The smallest absolute Gasteiger partial charge is 0.222 e. The number of rotatable bonds is 7. The van der Waals surface area contributed by atoms with E-state index in [1.54, 1.807) is 31.9 Å². The Morgan fingerprint density at radius 2 is 2.14 bits per heavy atom. The van der Waals surface area contributed by atoms with E-state index >= 15 is 0 Å². The molecule has 0 unspecified atom stereocenters. The Hall–Kier alpha value is -2.12. The summed E-state index contributed by atoms with van der Waals surface area (Å²) in [5, 5.41) is 4.70. The normalized spacial score (nSPS) is 11.8. The first-order valence-corrected chi connectivity index (χ1v) is 7.69. The minimum Gasteiger partial charge on any atom is -0.493 e. The van der Waals surface area contributed by atoms with Gasteiger partial charge < -0.3 is 20.5 Å². The number of benzene rings is 1. The van der Waals surface area contributed by atoms with Gasteiger partial charge in [0.15, 0.2) is 11.5 Å². The molecule has 1 aromatic carbocycles. The van der Waals surface area contributed by atoms with Crippen molar-refractivity contribution in [3.8, 4) is 11.5 Å². The Labute approximate surface area is 133 Å². The highest BCUT2D eigenvalue weighted by Crippen LogP contribution is 2.30. The first kappa shape index (κ1) is 16.3. The maximum absolute atomic E-state index is 11.9. The monoisotopic (exact) mass is 321 g/mol.